The van der Waals surface area contributed by atoms with E-state index in [4.69, 9.17) is 4.74 Å². The lowest BCUT2D eigenvalue weighted by molar-refractivity contribution is 0.0937. The van der Waals surface area contributed by atoms with Crippen LogP contribution in [0.15, 0.2) is 53.4 Å². The molecule has 1 amide bonds. The average molecular weight is 417 g/mol. The van der Waals surface area contributed by atoms with Crippen molar-refractivity contribution in [2.24, 2.45) is 5.92 Å². The van der Waals surface area contributed by atoms with E-state index in [1.54, 1.807) is 24.3 Å². The Labute approximate surface area is 172 Å². The number of aryl methyl sites for hydroxylation is 1. The van der Waals surface area contributed by atoms with Crippen LogP contribution in [-0.4, -0.2) is 41.1 Å². The van der Waals surface area contributed by atoms with Crippen LogP contribution in [0.3, 0.4) is 0 Å². The molecule has 1 saturated carbocycles. The molecule has 1 aliphatic rings. The van der Waals surface area contributed by atoms with E-state index in [1.807, 2.05) is 19.1 Å². The van der Waals surface area contributed by atoms with Gasteiger partial charge < -0.3 is 10.1 Å². The second kappa shape index (κ2) is 9.41. The summed E-state index contributed by atoms with van der Waals surface area (Å²) in [4.78, 5) is 12.5. The average Bonchev–Trinajstić information content (AvgIpc) is 3.55. The van der Waals surface area contributed by atoms with Crippen LogP contribution in [0.4, 0.5) is 5.69 Å². The standard InChI is InChI=1S/C22H28N2O4S/c1-17-7-11-20(12-8-17)24(2)29(26,27)21-6-3-5-19(15-21)22(25)23-13-4-14-28-16-18-9-10-18/h3,5-8,11-12,15,18H,4,9-10,13-14,16H2,1-2H3,(H,23,25). The van der Waals surface area contributed by atoms with Crippen molar-refractivity contribution in [3.8, 4) is 0 Å². The zero-order chi connectivity index (χ0) is 20.9. The van der Waals surface area contributed by atoms with Gasteiger partial charge in [0.25, 0.3) is 15.9 Å². The van der Waals surface area contributed by atoms with Crippen molar-refractivity contribution in [3.63, 3.8) is 0 Å². The molecule has 0 unspecified atom stereocenters. The fourth-order valence-corrected chi connectivity index (χ4v) is 4.10. The lowest BCUT2D eigenvalue weighted by Gasteiger charge is -2.20. The number of sulfonamides is 1. The van der Waals surface area contributed by atoms with Gasteiger partial charge in [-0.05, 0) is 62.4 Å². The number of hydrogen-bond donors (Lipinski definition) is 1. The van der Waals surface area contributed by atoms with Gasteiger partial charge in [0.1, 0.15) is 0 Å². The molecule has 2 aromatic carbocycles. The molecule has 29 heavy (non-hydrogen) atoms. The summed E-state index contributed by atoms with van der Waals surface area (Å²) in [5.74, 6) is 0.439. The molecule has 0 aromatic heterocycles. The van der Waals surface area contributed by atoms with E-state index in [0.717, 1.165) is 24.5 Å². The summed E-state index contributed by atoms with van der Waals surface area (Å²) in [6.45, 7) is 3.86. The van der Waals surface area contributed by atoms with Crippen LogP contribution in [-0.2, 0) is 14.8 Å². The van der Waals surface area contributed by atoms with Crippen molar-refractivity contribution < 1.29 is 17.9 Å². The van der Waals surface area contributed by atoms with Crippen LogP contribution < -0.4 is 9.62 Å². The molecule has 2 aromatic rings. The van der Waals surface area contributed by atoms with E-state index in [0.29, 0.717) is 24.4 Å². The molecule has 0 spiro atoms. The van der Waals surface area contributed by atoms with Crippen LogP contribution in [0, 0.1) is 12.8 Å². The van der Waals surface area contributed by atoms with Crippen molar-refractivity contribution >= 4 is 21.6 Å². The summed E-state index contributed by atoms with van der Waals surface area (Å²) in [5.41, 5.74) is 1.94. The maximum atomic E-state index is 13.0. The number of carbonyl (C=O) groups is 1. The quantitative estimate of drug-likeness (QED) is 0.603. The van der Waals surface area contributed by atoms with Gasteiger partial charge in [-0.1, -0.05) is 23.8 Å². The second-order valence-corrected chi connectivity index (χ2v) is 9.43. The van der Waals surface area contributed by atoms with Gasteiger partial charge in [-0.25, -0.2) is 8.42 Å². The van der Waals surface area contributed by atoms with E-state index in [2.05, 4.69) is 5.32 Å². The predicted octanol–water partition coefficient (Wildman–Crippen LogP) is 3.37. The Kier molecular flexibility index (Phi) is 6.92. The number of nitrogens with one attached hydrogen (secondary N) is 1. The molecule has 7 heteroatoms. The number of benzene rings is 2. The monoisotopic (exact) mass is 416 g/mol. The predicted molar refractivity (Wildman–Crippen MR) is 114 cm³/mol. The summed E-state index contributed by atoms with van der Waals surface area (Å²) in [5, 5.41) is 2.82. The highest BCUT2D eigenvalue weighted by atomic mass is 32.2. The Hall–Kier alpha value is -2.38. The molecule has 0 radical (unpaired) electrons. The van der Waals surface area contributed by atoms with Gasteiger partial charge in [0.15, 0.2) is 0 Å². The van der Waals surface area contributed by atoms with E-state index >= 15 is 0 Å². The molecule has 1 fully saturated rings. The normalized spacial score (nSPS) is 13.9. The van der Waals surface area contributed by atoms with Gasteiger partial charge in [0.2, 0.25) is 0 Å². The van der Waals surface area contributed by atoms with Crippen LogP contribution in [0.5, 0.6) is 0 Å². The Bertz CT molecular complexity index is 938. The van der Waals surface area contributed by atoms with Gasteiger partial charge >= 0.3 is 0 Å². The first kappa shape index (κ1) is 21.3. The lowest BCUT2D eigenvalue weighted by atomic mass is 10.2. The number of ether oxygens (including phenoxy) is 1. The van der Waals surface area contributed by atoms with Crippen molar-refractivity contribution in [2.45, 2.75) is 31.1 Å². The minimum Gasteiger partial charge on any atom is -0.381 e. The van der Waals surface area contributed by atoms with E-state index in [1.165, 1.54) is 36.3 Å². The first-order valence-electron chi connectivity index (χ1n) is 9.89. The van der Waals surface area contributed by atoms with Crippen molar-refractivity contribution in [1.82, 2.24) is 5.32 Å². The molecular weight excluding hydrogens is 388 g/mol. The molecule has 1 aliphatic carbocycles. The highest BCUT2D eigenvalue weighted by Crippen LogP contribution is 2.28. The van der Waals surface area contributed by atoms with Crippen molar-refractivity contribution in [3.05, 3.63) is 59.7 Å². The SMILES string of the molecule is Cc1ccc(N(C)S(=O)(=O)c2cccc(C(=O)NCCCOCC3CC3)c2)cc1. The van der Waals surface area contributed by atoms with Gasteiger partial charge in [0.05, 0.1) is 10.6 Å². The second-order valence-electron chi connectivity index (χ2n) is 7.46. The molecular formula is C22H28N2O4S. The topological polar surface area (TPSA) is 75.7 Å². The summed E-state index contributed by atoms with van der Waals surface area (Å²) in [6.07, 6.45) is 3.25. The Morgan fingerprint density at radius 2 is 1.90 bits per heavy atom. The summed E-state index contributed by atoms with van der Waals surface area (Å²) < 4.78 is 32.7. The Morgan fingerprint density at radius 3 is 2.59 bits per heavy atom. The maximum absolute atomic E-state index is 13.0. The molecule has 0 saturated heterocycles. The number of anilines is 1. The van der Waals surface area contributed by atoms with Gasteiger partial charge in [-0.2, -0.15) is 0 Å². The highest BCUT2D eigenvalue weighted by Gasteiger charge is 2.23. The molecule has 0 aliphatic heterocycles. The summed E-state index contributed by atoms with van der Waals surface area (Å²) >= 11 is 0. The molecule has 3 rings (SSSR count). The maximum Gasteiger partial charge on any atom is 0.264 e. The molecule has 1 N–H and O–H groups in total. The van der Waals surface area contributed by atoms with Crippen LogP contribution >= 0.6 is 0 Å². The highest BCUT2D eigenvalue weighted by molar-refractivity contribution is 7.92. The minimum atomic E-state index is -3.76. The molecule has 0 bridgehead atoms. The molecule has 0 atom stereocenters. The first-order chi connectivity index (χ1) is 13.9. The number of carbonyl (C=O) groups excluding carboxylic acids is 1. The van der Waals surface area contributed by atoms with Crippen LogP contribution in [0.25, 0.3) is 0 Å². The third-order valence-corrected chi connectivity index (χ3v) is 6.74. The number of amides is 1. The van der Waals surface area contributed by atoms with Crippen LogP contribution in [0.1, 0.15) is 35.2 Å². The third-order valence-electron chi connectivity index (χ3n) is 4.95. The fourth-order valence-electron chi connectivity index (χ4n) is 2.86. The zero-order valence-electron chi connectivity index (χ0n) is 16.9. The first-order valence-corrected chi connectivity index (χ1v) is 11.3. The van der Waals surface area contributed by atoms with Gasteiger partial charge in [-0.15, -0.1) is 0 Å². The smallest absolute Gasteiger partial charge is 0.264 e. The van der Waals surface area contributed by atoms with Crippen molar-refractivity contribution in [1.29, 1.82) is 0 Å². The van der Waals surface area contributed by atoms with Gasteiger partial charge in [0, 0.05) is 32.4 Å². The fraction of sp³-hybridized carbons (Fsp3) is 0.409. The van der Waals surface area contributed by atoms with Crippen molar-refractivity contribution in [2.75, 3.05) is 31.1 Å². The summed E-state index contributed by atoms with van der Waals surface area (Å²) in [6, 6.07) is 13.4. The number of hydrogen-bond acceptors (Lipinski definition) is 4. The van der Waals surface area contributed by atoms with Gasteiger partial charge in [-0.3, -0.25) is 9.10 Å². The van der Waals surface area contributed by atoms with E-state index < -0.39 is 10.0 Å². The molecule has 0 heterocycles. The third kappa shape index (κ3) is 5.81. The van der Waals surface area contributed by atoms with E-state index in [9.17, 15) is 13.2 Å². The Morgan fingerprint density at radius 1 is 1.17 bits per heavy atom. The van der Waals surface area contributed by atoms with Crippen LogP contribution in [0.2, 0.25) is 0 Å². The molecule has 156 valence electrons. The molecule has 6 nitrogen and oxygen atoms in total. The Balaban J connectivity index is 1.59. The zero-order valence-corrected chi connectivity index (χ0v) is 17.7. The van der Waals surface area contributed by atoms with E-state index in [-0.39, 0.29) is 10.8 Å². The largest absolute Gasteiger partial charge is 0.381 e. The number of rotatable bonds is 10. The summed E-state index contributed by atoms with van der Waals surface area (Å²) in [7, 11) is -2.25. The lowest BCUT2D eigenvalue weighted by Crippen LogP contribution is -2.28. The minimum absolute atomic E-state index is 0.0843. The number of nitrogens with zero attached hydrogens (tertiary/aromatic N) is 1.